The average Bonchev–Trinajstić information content (AvgIpc) is 2.83. The molecule has 1 saturated carbocycles. The van der Waals surface area contributed by atoms with Crippen LogP contribution in [0.4, 0.5) is 0 Å². The topological polar surface area (TPSA) is 141 Å². The number of hydrogen-bond acceptors (Lipinski definition) is 6. The van der Waals surface area contributed by atoms with E-state index in [-0.39, 0.29) is 34.4 Å². The zero-order valence-electron chi connectivity index (χ0n) is 18.5. The Hall–Kier alpha value is -3.18. The summed E-state index contributed by atoms with van der Waals surface area (Å²) in [7, 11) is 0. The molecule has 1 heterocycles. The van der Waals surface area contributed by atoms with Crippen molar-refractivity contribution in [2.24, 2.45) is 5.92 Å². The number of piperidine rings is 1. The number of aldehydes is 1. The van der Waals surface area contributed by atoms with Gasteiger partial charge in [-0.2, -0.15) is 5.26 Å². The quantitative estimate of drug-likeness (QED) is 0.293. The van der Waals surface area contributed by atoms with E-state index >= 15 is 0 Å². The molecular formula is C24H30ClN5O3. The predicted octanol–water partition coefficient (Wildman–Crippen LogP) is 3.82. The van der Waals surface area contributed by atoms with E-state index < -0.39 is 0 Å². The smallest absolute Gasteiger partial charge is 0.269 e. The van der Waals surface area contributed by atoms with Crippen molar-refractivity contribution in [3.8, 4) is 11.8 Å². The number of halogens is 1. The number of likely N-dealkylation sites (tertiary alicyclic amines) is 1. The first-order chi connectivity index (χ1) is 15.8. The molecule has 4 N–H and O–H groups in total. The average molecular weight is 472 g/mol. The van der Waals surface area contributed by atoms with Gasteiger partial charge < -0.3 is 20.1 Å². The van der Waals surface area contributed by atoms with Crippen molar-refractivity contribution in [1.29, 1.82) is 16.1 Å². The van der Waals surface area contributed by atoms with Gasteiger partial charge in [0, 0.05) is 25.0 Å². The number of benzene rings is 1. The predicted molar refractivity (Wildman–Crippen MR) is 128 cm³/mol. The lowest BCUT2D eigenvalue weighted by Gasteiger charge is -2.30. The molecule has 1 aromatic rings. The third-order valence-electron chi connectivity index (χ3n) is 5.74. The van der Waals surface area contributed by atoms with E-state index in [2.05, 4.69) is 5.32 Å². The van der Waals surface area contributed by atoms with Crippen molar-refractivity contribution in [3.63, 3.8) is 0 Å². The Bertz CT molecular complexity index is 927. The van der Waals surface area contributed by atoms with Gasteiger partial charge in [0.1, 0.15) is 29.7 Å². The minimum Gasteiger partial charge on any atom is -0.508 e. The normalized spacial score (nSPS) is 16.9. The van der Waals surface area contributed by atoms with Gasteiger partial charge in [-0.05, 0) is 56.0 Å². The van der Waals surface area contributed by atoms with E-state index in [9.17, 15) is 9.59 Å². The summed E-state index contributed by atoms with van der Waals surface area (Å²) < 4.78 is 0. The zero-order chi connectivity index (χ0) is 24.2. The fraction of sp³-hybridized carbons (Fsp3) is 0.458. The van der Waals surface area contributed by atoms with Crippen LogP contribution < -0.4 is 5.32 Å². The summed E-state index contributed by atoms with van der Waals surface area (Å²) in [5, 5.41) is 36.2. The first-order valence-electron chi connectivity index (χ1n) is 11.1. The maximum atomic E-state index is 12.0. The largest absolute Gasteiger partial charge is 0.508 e. The van der Waals surface area contributed by atoms with E-state index in [0.29, 0.717) is 24.5 Å². The summed E-state index contributed by atoms with van der Waals surface area (Å²) in [6, 6.07) is 6.29. The number of rotatable bonds is 5. The third-order valence-corrected chi connectivity index (χ3v) is 6.05. The molecule has 3 rings (SSSR count). The van der Waals surface area contributed by atoms with Gasteiger partial charge in [-0.3, -0.25) is 15.6 Å². The van der Waals surface area contributed by atoms with Crippen LogP contribution in [0.1, 0.15) is 50.5 Å². The molecule has 33 heavy (non-hydrogen) atoms. The minimum atomic E-state index is -0.361. The Morgan fingerprint density at radius 3 is 2.39 bits per heavy atom. The Morgan fingerprint density at radius 2 is 1.82 bits per heavy atom. The van der Waals surface area contributed by atoms with Gasteiger partial charge >= 0.3 is 0 Å². The van der Waals surface area contributed by atoms with Gasteiger partial charge in [-0.1, -0.05) is 30.9 Å². The van der Waals surface area contributed by atoms with E-state index in [1.165, 1.54) is 36.8 Å². The summed E-state index contributed by atoms with van der Waals surface area (Å²) in [6.45, 7) is 1.35. The van der Waals surface area contributed by atoms with Crippen LogP contribution in [-0.4, -0.2) is 52.9 Å². The molecule has 1 aliphatic heterocycles. The van der Waals surface area contributed by atoms with Crippen LogP contribution in [0.25, 0.3) is 0 Å². The summed E-state index contributed by atoms with van der Waals surface area (Å²) in [5.41, 5.74) is 0.266. The van der Waals surface area contributed by atoms with Gasteiger partial charge in [-0.15, -0.1) is 0 Å². The number of carbonyl (C=O) groups excluding carboxylic acids is 2. The van der Waals surface area contributed by atoms with E-state index in [1.807, 2.05) is 11.0 Å². The number of carbonyl (C=O) groups is 2. The number of nitrogens with zero attached hydrogens (tertiary/aromatic N) is 2. The van der Waals surface area contributed by atoms with Gasteiger partial charge in [0.15, 0.2) is 0 Å². The summed E-state index contributed by atoms with van der Waals surface area (Å²) >= 11 is 5.55. The highest BCUT2D eigenvalue weighted by Gasteiger charge is 2.20. The first kappa shape index (κ1) is 26.1. The Labute approximate surface area is 199 Å². The van der Waals surface area contributed by atoms with Crippen LogP contribution in [0.15, 0.2) is 30.4 Å². The van der Waals surface area contributed by atoms with Gasteiger partial charge in [-0.25, -0.2) is 0 Å². The molecule has 0 unspecified atom stereocenters. The maximum absolute atomic E-state index is 12.0. The number of phenols is 1. The molecule has 8 nitrogen and oxygen atoms in total. The summed E-state index contributed by atoms with van der Waals surface area (Å²) in [4.78, 5) is 24.6. The highest BCUT2D eigenvalue weighted by molar-refractivity contribution is 6.42. The second-order valence-corrected chi connectivity index (χ2v) is 8.58. The van der Waals surface area contributed by atoms with Crippen molar-refractivity contribution in [1.82, 2.24) is 10.2 Å². The molecule has 0 atom stereocenters. The molecule has 9 heteroatoms. The van der Waals surface area contributed by atoms with E-state index in [1.54, 1.807) is 0 Å². The molecule has 0 spiro atoms. The Morgan fingerprint density at radius 1 is 1.15 bits per heavy atom. The molecule has 2 aliphatic rings. The Kier molecular flexibility index (Phi) is 10.6. The number of nitrogens with one attached hydrogen (secondary N) is 3. The molecule has 1 aliphatic carbocycles. The first-order valence-corrected chi connectivity index (χ1v) is 11.5. The van der Waals surface area contributed by atoms with Crippen molar-refractivity contribution < 1.29 is 14.7 Å². The molecule has 2 fully saturated rings. The zero-order valence-corrected chi connectivity index (χ0v) is 19.3. The number of hydrogen-bond donors (Lipinski definition) is 4. The van der Waals surface area contributed by atoms with Gasteiger partial charge in [0.05, 0.1) is 10.6 Å². The lowest BCUT2D eigenvalue weighted by atomic mass is 9.95. The maximum Gasteiger partial charge on any atom is 0.269 e. The van der Waals surface area contributed by atoms with Crippen LogP contribution in [0.3, 0.4) is 0 Å². The summed E-state index contributed by atoms with van der Waals surface area (Å²) in [5.74, 6) is 0.108. The standard InChI is InChI=1S/C17H26N4O2.C7H4ClNO/c18-15(17(23)20-14-4-2-1-3-5-14)6-7-16(19)21-10-8-13(12-22)9-11-21;8-7-3-6(10)2-1-5(7)4-9/h6-7,12-14,18-19H,1-5,8-11H2,(H,20,23);1-3,10H/b7-6-,18-15?,19-16?;. The number of amidine groups is 1. The van der Waals surface area contributed by atoms with Crippen LogP contribution in [-0.2, 0) is 9.59 Å². The van der Waals surface area contributed by atoms with E-state index in [4.69, 9.17) is 32.8 Å². The van der Waals surface area contributed by atoms with Crippen molar-refractivity contribution in [2.75, 3.05) is 13.1 Å². The third kappa shape index (κ3) is 8.70. The SMILES string of the molecule is N#Cc1ccc(O)cc1Cl.N=C(/C=C\C(=N)N1CCC(C=O)CC1)C(=O)NC1CCCCC1. The van der Waals surface area contributed by atoms with Crippen LogP contribution in [0, 0.1) is 28.1 Å². The second kappa shape index (κ2) is 13.4. The number of amides is 1. The van der Waals surface area contributed by atoms with Gasteiger partial charge in [0.25, 0.3) is 5.91 Å². The molecule has 1 saturated heterocycles. The Balaban J connectivity index is 0.000000321. The fourth-order valence-electron chi connectivity index (χ4n) is 3.72. The molecule has 176 valence electrons. The molecular weight excluding hydrogens is 442 g/mol. The highest BCUT2D eigenvalue weighted by Crippen LogP contribution is 2.20. The lowest BCUT2D eigenvalue weighted by Crippen LogP contribution is -2.40. The minimum absolute atomic E-state index is 0.0731. The molecule has 0 bridgehead atoms. The van der Waals surface area contributed by atoms with Crippen LogP contribution in [0.5, 0.6) is 5.75 Å². The van der Waals surface area contributed by atoms with Gasteiger partial charge in [0.2, 0.25) is 0 Å². The number of nitriles is 1. The second-order valence-electron chi connectivity index (χ2n) is 8.18. The monoisotopic (exact) mass is 471 g/mol. The van der Waals surface area contributed by atoms with Crippen molar-refractivity contribution >= 4 is 35.3 Å². The molecule has 0 radical (unpaired) electrons. The molecule has 1 aromatic carbocycles. The fourth-order valence-corrected chi connectivity index (χ4v) is 3.94. The number of phenolic OH excluding ortho intramolecular Hbond substituents is 1. The van der Waals surface area contributed by atoms with Crippen molar-refractivity contribution in [2.45, 2.75) is 51.0 Å². The summed E-state index contributed by atoms with van der Waals surface area (Å²) in [6.07, 6.45) is 10.9. The molecule has 1 amide bonds. The highest BCUT2D eigenvalue weighted by atomic mass is 35.5. The molecule has 0 aromatic heterocycles. The number of aromatic hydroxyl groups is 1. The lowest BCUT2D eigenvalue weighted by molar-refractivity contribution is -0.115. The van der Waals surface area contributed by atoms with Crippen LogP contribution in [0.2, 0.25) is 5.02 Å². The van der Waals surface area contributed by atoms with Crippen LogP contribution >= 0.6 is 11.6 Å². The van der Waals surface area contributed by atoms with E-state index in [0.717, 1.165) is 44.8 Å². The van der Waals surface area contributed by atoms with Crippen molar-refractivity contribution in [3.05, 3.63) is 40.9 Å².